The van der Waals surface area contributed by atoms with Crippen LogP contribution in [0.15, 0.2) is 54.6 Å². The van der Waals surface area contributed by atoms with Crippen LogP contribution in [0.2, 0.25) is 0 Å². The second kappa shape index (κ2) is 8.20. The van der Waals surface area contributed by atoms with Crippen LogP contribution >= 0.6 is 0 Å². The number of nitrogens with two attached hydrogens (primary N) is 1. The van der Waals surface area contributed by atoms with Crippen molar-refractivity contribution in [2.24, 2.45) is 0 Å². The summed E-state index contributed by atoms with van der Waals surface area (Å²) in [6, 6.07) is 17.4. The van der Waals surface area contributed by atoms with E-state index in [0.29, 0.717) is 31.8 Å². The summed E-state index contributed by atoms with van der Waals surface area (Å²) in [5.74, 6) is 0.0755. The van der Waals surface area contributed by atoms with Crippen LogP contribution in [0.4, 0.5) is 5.69 Å². The number of nitrogens with zero attached hydrogens (tertiary/aromatic N) is 1. The number of rotatable bonds is 7. The lowest BCUT2D eigenvalue weighted by molar-refractivity contribution is -0.131. The molecule has 0 atom stereocenters. The van der Waals surface area contributed by atoms with Gasteiger partial charge in [-0.2, -0.15) is 0 Å². The van der Waals surface area contributed by atoms with Crippen LogP contribution in [0.25, 0.3) is 0 Å². The molecule has 0 unspecified atom stereocenters. The van der Waals surface area contributed by atoms with Crippen LogP contribution in [0.5, 0.6) is 0 Å². The quantitative estimate of drug-likeness (QED) is 0.799. The molecule has 22 heavy (non-hydrogen) atoms. The van der Waals surface area contributed by atoms with Crippen LogP contribution in [-0.2, 0) is 22.5 Å². The first kappa shape index (κ1) is 16.0. The number of hydrogen-bond acceptors (Lipinski definition) is 3. The highest BCUT2D eigenvalue weighted by molar-refractivity contribution is 5.79. The third-order valence-electron chi connectivity index (χ3n) is 3.44. The summed E-state index contributed by atoms with van der Waals surface area (Å²) >= 11 is 0. The number of nitrogen functional groups attached to an aromatic ring is 1. The number of carbonyl (C=O) groups excluding carboxylic acids is 1. The highest BCUT2D eigenvalue weighted by atomic mass is 16.5. The van der Waals surface area contributed by atoms with E-state index >= 15 is 0 Å². The lowest BCUT2D eigenvalue weighted by Gasteiger charge is -2.22. The average Bonchev–Trinajstić information content (AvgIpc) is 2.52. The lowest BCUT2D eigenvalue weighted by Crippen LogP contribution is -2.34. The van der Waals surface area contributed by atoms with Gasteiger partial charge in [0.25, 0.3) is 0 Å². The smallest absolute Gasteiger partial charge is 0.227 e. The van der Waals surface area contributed by atoms with Crippen LogP contribution in [0.3, 0.4) is 0 Å². The Hall–Kier alpha value is -2.33. The molecule has 4 heteroatoms. The predicted molar refractivity (Wildman–Crippen MR) is 88.3 cm³/mol. The molecule has 1 amide bonds. The van der Waals surface area contributed by atoms with E-state index in [1.165, 1.54) is 0 Å². The Morgan fingerprint density at radius 2 is 1.82 bits per heavy atom. The van der Waals surface area contributed by atoms with Gasteiger partial charge in [-0.25, -0.2) is 0 Å². The molecule has 0 heterocycles. The Kier molecular flexibility index (Phi) is 5.98. The van der Waals surface area contributed by atoms with Gasteiger partial charge in [-0.1, -0.05) is 42.5 Å². The predicted octanol–water partition coefficient (Wildman–Crippen LogP) is 2.49. The average molecular weight is 298 g/mol. The summed E-state index contributed by atoms with van der Waals surface area (Å²) in [4.78, 5) is 14.4. The molecule has 0 aromatic heterocycles. The third kappa shape index (κ3) is 4.90. The van der Waals surface area contributed by atoms with Gasteiger partial charge in [0.2, 0.25) is 5.91 Å². The highest BCUT2D eigenvalue weighted by Gasteiger charge is 2.14. The van der Waals surface area contributed by atoms with Crippen molar-refractivity contribution in [3.8, 4) is 0 Å². The molecular formula is C18H22N2O2. The summed E-state index contributed by atoms with van der Waals surface area (Å²) < 4.78 is 5.12. The van der Waals surface area contributed by atoms with Gasteiger partial charge in [0.1, 0.15) is 0 Å². The molecule has 0 fully saturated rings. The van der Waals surface area contributed by atoms with Crippen LogP contribution in [-0.4, -0.2) is 31.1 Å². The Morgan fingerprint density at radius 3 is 2.50 bits per heavy atom. The van der Waals surface area contributed by atoms with Gasteiger partial charge in [0, 0.05) is 25.9 Å². The minimum Gasteiger partial charge on any atom is -0.399 e. The van der Waals surface area contributed by atoms with Crippen LogP contribution < -0.4 is 5.73 Å². The monoisotopic (exact) mass is 298 g/mol. The zero-order chi connectivity index (χ0) is 15.8. The number of carbonyl (C=O) groups is 1. The molecular weight excluding hydrogens is 276 g/mol. The molecule has 0 aliphatic heterocycles. The van der Waals surface area contributed by atoms with Gasteiger partial charge in [0.15, 0.2) is 0 Å². The summed E-state index contributed by atoms with van der Waals surface area (Å²) in [6.07, 6.45) is 0.349. The molecule has 0 saturated carbocycles. The SMILES string of the molecule is COCCN(Cc1ccccc1)C(=O)Cc1cccc(N)c1. The fraction of sp³-hybridized carbons (Fsp3) is 0.278. The molecule has 0 spiro atoms. The molecule has 2 aromatic carbocycles. The zero-order valence-corrected chi connectivity index (χ0v) is 12.9. The van der Waals surface area contributed by atoms with Crippen molar-refractivity contribution in [3.05, 3.63) is 65.7 Å². The standard InChI is InChI=1S/C18H22N2O2/c1-22-11-10-20(14-15-6-3-2-4-7-15)18(21)13-16-8-5-9-17(19)12-16/h2-9,12H,10-11,13-14,19H2,1H3. The molecule has 2 N–H and O–H groups in total. The minimum absolute atomic E-state index is 0.0755. The van der Waals surface area contributed by atoms with E-state index in [1.54, 1.807) is 7.11 Å². The van der Waals surface area contributed by atoms with E-state index in [-0.39, 0.29) is 5.91 Å². The van der Waals surface area contributed by atoms with E-state index in [9.17, 15) is 4.79 Å². The summed E-state index contributed by atoms with van der Waals surface area (Å²) in [5, 5.41) is 0. The first-order chi connectivity index (χ1) is 10.7. The molecule has 0 bridgehead atoms. The Labute approximate surface area is 131 Å². The van der Waals surface area contributed by atoms with Crippen molar-refractivity contribution < 1.29 is 9.53 Å². The highest BCUT2D eigenvalue weighted by Crippen LogP contribution is 2.11. The number of ether oxygens (including phenoxy) is 1. The minimum atomic E-state index is 0.0755. The number of hydrogen-bond donors (Lipinski definition) is 1. The Morgan fingerprint density at radius 1 is 1.09 bits per heavy atom. The van der Waals surface area contributed by atoms with E-state index in [2.05, 4.69) is 0 Å². The first-order valence-electron chi connectivity index (χ1n) is 7.34. The van der Waals surface area contributed by atoms with Gasteiger partial charge < -0.3 is 15.4 Å². The van der Waals surface area contributed by atoms with E-state index < -0.39 is 0 Å². The van der Waals surface area contributed by atoms with Gasteiger partial charge in [-0.15, -0.1) is 0 Å². The second-order valence-electron chi connectivity index (χ2n) is 5.22. The van der Waals surface area contributed by atoms with Crippen molar-refractivity contribution in [2.75, 3.05) is 26.0 Å². The Bertz CT molecular complexity index is 599. The zero-order valence-electron chi connectivity index (χ0n) is 12.9. The van der Waals surface area contributed by atoms with Crippen LogP contribution in [0, 0.1) is 0 Å². The first-order valence-corrected chi connectivity index (χ1v) is 7.34. The fourth-order valence-corrected chi connectivity index (χ4v) is 2.29. The summed E-state index contributed by atoms with van der Waals surface area (Å²) in [5.41, 5.74) is 8.49. The maximum absolute atomic E-state index is 12.6. The largest absolute Gasteiger partial charge is 0.399 e. The molecule has 0 aliphatic carbocycles. The molecule has 2 aromatic rings. The molecule has 116 valence electrons. The van der Waals surface area contributed by atoms with Gasteiger partial charge in [-0.05, 0) is 23.3 Å². The van der Waals surface area contributed by atoms with Gasteiger partial charge in [-0.3, -0.25) is 4.79 Å². The van der Waals surface area contributed by atoms with Crippen molar-refractivity contribution >= 4 is 11.6 Å². The summed E-state index contributed by atoms with van der Waals surface area (Å²) in [6.45, 7) is 1.69. The van der Waals surface area contributed by atoms with Crippen molar-refractivity contribution in [1.29, 1.82) is 0 Å². The molecule has 4 nitrogen and oxygen atoms in total. The topological polar surface area (TPSA) is 55.6 Å². The number of benzene rings is 2. The maximum atomic E-state index is 12.6. The Balaban J connectivity index is 2.05. The summed E-state index contributed by atoms with van der Waals surface area (Å²) in [7, 11) is 1.64. The molecule has 2 rings (SSSR count). The number of methoxy groups -OCH3 is 1. The molecule has 0 saturated heterocycles. The second-order valence-corrected chi connectivity index (χ2v) is 5.22. The van der Waals surface area contributed by atoms with E-state index in [4.69, 9.17) is 10.5 Å². The number of amides is 1. The third-order valence-corrected chi connectivity index (χ3v) is 3.44. The number of anilines is 1. The van der Waals surface area contributed by atoms with E-state index in [1.807, 2.05) is 59.5 Å². The van der Waals surface area contributed by atoms with Gasteiger partial charge in [0.05, 0.1) is 13.0 Å². The fourth-order valence-electron chi connectivity index (χ4n) is 2.29. The molecule has 0 radical (unpaired) electrons. The van der Waals surface area contributed by atoms with Gasteiger partial charge >= 0.3 is 0 Å². The lowest BCUT2D eigenvalue weighted by atomic mass is 10.1. The van der Waals surface area contributed by atoms with Crippen molar-refractivity contribution in [2.45, 2.75) is 13.0 Å². The molecule has 0 aliphatic rings. The normalized spacial score (nSPS) is 10.4. The van der Waals surface area contributed by atoms with Crippen molar-refractivity contribution in [3.63, 3.8) is 0 Å². The maximum Gasteiger partial charge on any atom is 0.227 e. The van der Waals surface area contributed by atoms with E-state index in [0.717, 1.165) is 11.1 Å². The van der Waals surface area contributed by atoms with Crippen LogP contribution in [0.1, 0.15) is 11.1 Å². The van der Waals surface area contributed by atoms with Crippen molar-refractivity contribution in [1.82, 2.24) is 4.90 Å².